The van der Waals surface area contributed by atoms with Crippen molar-refractivity contribution in [2.24, 2.45) is 5.10 Å². The number of hydrazone groups is 1. The van der Waals surface area contributed by atoms with E-state index in [-0.39, 0.29) is 24.7 Å². The number of amides is 1. The number of pyridine rings is 1. The Kier molecular flexibility index (Phi) is 8.12. The van der Waals surface area contributed by atoms with Crippen LogP contribution >= 0.6 is 15.9 Å². The Morgan fingerprint density at radius 3 is 2.79 bits per heavy atom. The fraction of sp³-hybridized carbons (Fsp3) is 0.300. The summed E-state index contributed by atoms with van der Waals surface area (Å²) in [6.07, 6.45) is 1.53. The summed E-state index contributed by atoms with van der Waals surface area (Å²) in [4.78, 5) is 18.2. The number of carbonyl (C=O) groups excluding carboxylic acids is 1. The average molecular weight is 460 g/mol. The highest BCUT2D eigenvalue weighted by Crippen LogP contribution is 2.25. The van der Waals surface area contributed by atoms with Crippen molar-refractivity contribution in [2.45, 2.75) is 13.5 Å². The molecule has 0 bridgehead atoms. The third-order valence-electron chi connectivity index (χ3n) is 3.80. The first kappa shape index (κ1) is 22.3. The van der Waals surface area contributed by atoms with Gasteiger partial charge in [-0.2, -0.15) is 10.4 Å². The minimum absolute atomic E-state index is 0.0990. The van der Waals surface area contributed by atoms with Crippen LogP contribution in [0.4, 0.5) is 5.69 Å². The first-order valence-electron chi connectivity index (χ1n) is 8.66. The topological polar surface area (TPSA) is 99.8 Å². The number of halogens is 1. The molecule has 29 heavy (non-hydrogen) atoms. The van der Waals surface area contributed by atoms with Crippen molar-refractivity contribution < 1.29 is 14.3 Å². The number of aryl methyl sites for hydroxylation is 1. The van der Waals surface area contributed by atoms with E-state index in [0.717, 1.165) is 15.7 Å². The second kappa shape index (κ2) is 10.5. The molecular weight excluding hydrogens is 438 g/mol. The van der Waals surface area contributed by atoms with E-state index in [1.165, 1.54) is 13.3 Å². The maximum Gasteiger partial charge on any atom is 0.278 e. The number of nitriles is 1. The molecule has 0 fully saturated rings. The molecule has 1 heterocycles. The monoisotopic (exact) mass is 459 g/mol. The fourth-order valence-corrected chi connectivity index (χ4v) is 3.27. The largest absolute Gasteiger partial charge is 0.467 e. The molecule has 152 valence electrons. The average Bonchev–Trinajstić information content (AvgIpc) is 2.66. The van der Waals surface area contributed by atoms with Crippen LogP contribution in [0.25, 0.3) is 0 Å². The van der Waals surface area contributed by atoms with Crippen LogP contribution in [0, 0.1) is 18.3 Å². The van der Waals surface area contributed by atoms with Gasteiger partial charge >= 0.3 is 0 Å². The number of anilines is 1. The molecule has 1 aromatic heterocycles. The Hall–Kier alpha value is -2.96. The number of hydrogen-bond donors (Lipinski definition) is 1. The van der Waals surface area contributed by atoms with E-state index in [2.05, 4.69) is 31.4 Å². The zero-order valence-electron chi connectivity index (χ0n) is 16.7. The second-order valence-corrected chi connectivity index (χ2v) is 7.19. The highest BCUT2D eigenvalue weighted by molar-refractivity contribution is 9.10. The molecule has 1 N–H and O–H groups in total. The summed E-state index contributed by atoms with van der Waals surface area (Å²) in [5, 5.41) is 13.3. The number of aromatic nitrogens is 1. The van der Waals surface area contributed by atoms with E-state index >= 15 is 0 Å². The predicted octanol–water partition coefficient (Wildman–Crippen LogP) is 2.77. The van der Waals surface area contributed by atoms with Crippen LogP contribution in [0.3, 0.4) is 0 Å². The van der Waals surface area contributed by atoms with Gasteiger partial charge in [-0.25, -0.2) is 10.4 Å². The van der Waals surface area contributed by atoms with Gasteiger partial charge in [0.15, 0.2) is 6.61 Å². The Bertz CT molecular complexity index is 954. The number of rotatable bonds is 8. The van der Waals surface area contributed by atoms with Crippen molar-refractivity contribution >= 4 is 33.7 Å². The van der Waals surface area contributed by atoms with Gasteiger partial charge in [-0.15, -0.1) is 0 Å². The maximum absolute atomic E-state index is 12.0. The summed E-state index contributed by atoms with van der Waals surface area (Å²) in [5.74, 6) is -0.368. The number of benzene rings is 1. The summed E-state index contributed by atoms with van der Waals surface area (Å²) in [7, 11) is 5.44. The molecular formula is C20H22BrN5O3. The molecule has 0 saturated carbocycles. The van der Waals surface area contributed by atoms with Crippen molar-refractivity contribution in [1.82, 2.24) is 10.4 Å². The van der Waals surface area contributed by atoms with E-state index in [0.29, 0.717) is 11.3 Å². The smallest absolute Gasteiger partial charge is 0.278 e. The maximum atomic E-state index is 12.0. The van der Waals surface area contributed by atoms with E-state index in [4.69, 9.17) is 9.47 Å². The lowest BCUT2D eigenvalue weighted by Gasteiger charge is -2.14. The van der Waals surface area contributed by atoms with Crippen molar-refractivity contribution in [3.05, 3.63) is 51.1 Å². The van der Waals surface area contributed by atoms with Crippen molar-refractivity contribution in [3.8, 4) is 11.9 Å². The highest BCUT2D eigenvalue weighted by Gasteiger charge is 2.14. The Balaban J connectivity index is 1.98. The van der Waals surface area contributed by atoms with E-state index < -0.39 is 5.91 Å². The normalized spacial score (nSPS) is 10.6. The Morgan fingerprint density at radius 2 is 2.17 bits per heavy atom. The third kappa shape index (κ3) is 6.27. The van der Waals surface area contributed by atoms with Crippen LogP contribution in [-0.4, -0.2) is 44.9 Å². The molecule has 0 saturated heterocycles. The summed E-state index contributed by atoms with van der Waals surface area (Å²) < 4.78 is 11.4. The quantitative estimate of drug-likeness (QED) is 0.481. The zero-order valence-corrected chi connectivity index (χ0v) is 18.3. The molecule has 0 spiro atoms. The fourth-order valence-electron chi connectivity index (χ4n) is 2.51. The minimum atomic E-state index is -0.467. The standard InChI is InChI=1S/C20H22BrN5O3/c1-13-7-15(11-28-4)16(9-22)20(24-13)29-12-19(27)25-23-10-14-5-6-18(26(2)3)17(21)8-14/h5-8,10H,11-12H2,1-4H3,(H,25,27)/b23-10+. The van der Waals surface area contributed by atoms with Gasteiger partial charge in [0.1, 0.15) is 11.6 Å². The van der Waals surface area contributed by atoms with Crippen LogP contribution in [0.2, 0.25) is 0 Å². The summed E-state index contributed by atoms with van der Waals surface area (Å²) >= 11 is 3.50. The summed E-state index contributed by atoms with van der Waals surface area (Å²) in [6, 6.07) is 9.53. The SMILES string of the molecule is COCc1cc(C)nc(OCC(=O)N/N=C/c2ccc(N(C)C)c(Br)c2)c1C#N. The van der Waals surface area contributed by atoms with Gasteiger partial charge in [-0.3, -0.25) is 4.79 Å². The van der Waals surface area contributed by atoms with Crippen LogP contribution in [0.1, 0.15) is 22.4 Å². The third-order valence-corrected chi connectivity index (χ3v) is 4.44. The van der Waals surface area contributed by atoms with Crippen molar-refractivity contribution in [3.63, 3.8) is 0 Å². The second-order valence-electron chi connectivity index (χ2n) is 6.33. The lowest BCUT2D eigenvalue weighted by Crippen LogP contribution is -2.25. The summed E-state index contributed by atoms with van der Waals surface area (Å²) in [6.45, 7) is 1.71. The Labute approximate surface area is 178 Å². The molecule has 1 aromatic carbocycles. The molecule has 0 radical (unpaired) electrons. The number of methoxy groups -OCH3 is 1. The molecule has 1 amide bonds. The lowest BCUT2D eigenvalue weighted by atomic mass is 10.1. The van der Waals surface area contributed by atoms with E-state index in [1.807, 2.05) is 43.3 Å². The van der Waals surface area contributed by atoms with Crippen LogP contribution < -0.4 is 15.1 Å². The van der Waals surface area contributed by atoms with Gasteiger partial charge in [-0.05, 0) is 46.6 Å². The van der Waals surface area contributed by atoms with E-state index in [1.54, 1.807) is 13.0 Å². The van der Waals surface area contributed by atoms with Crippen molar-refractivity contribution in [2.75, 3.05) is 32.7 Å². The number of nitrogens with one attached hydrogen (secondary N) is 1. The predicted molar refractivity (Wildman–Crippen MR) is 114 cm³/mol. The molecule has 2 aromatic rings. The first-order valence-corrected chi connectivity index (χ1v) is 9.46. The number of hydrogen-bond acceptors (Lipinski definition) is 7. The molecule has 2 rings (SSSR count). The number of nitrogens with zero attached hydrogens (tertiary/aromatic N) is 4. The molecule has 8 nitrogen and oxygen atoms in total. The van der Waals surface area contributed by atoms with E-state index in [9.17, 15) is 10.1 Å². The van der Waals surface area contributed by atoms with Gasteiger partial charge in [0.05, 0.1) is 18.5 Å². The molecule has 0 aliphatic carbocycles. The van der Waals surface area contributed by atoms with Crippen LogP contribution in [-0.2, 0) is 16.1 Å². The number of carbonyl (C=O) groups is 1. The minimum Gasteiger partial charge on any atom is -0.467 e. The van der Waals surface area contributed by atoms with Crippen molar-refractivity contribution in [1.29, 1.82) is 5.26 Å². The molecule has 0 aliphatic heterocycles. The van der Waals surface area contributed by atoms with Gasteiger partial charge < -0.3 is 14.4 Å². The molecule has 0 aliphatic rings. The van der Waals surface area contributed by atoms with Gasteiger partial charge in [0.25, 0.3) is 5.91 Å². The number of ether oxygens (including phenoxy) is 2. The molecule has 0 unspecified atom stereocenters. The van der Waals surface area contributed by atoms with Gasteiger partial charge in [0, 0.05) is 36.9 Å². The lowest BCUT2D eigenvalue weighted by molar-refractivity contribution is -0.123. The molecule has 9 heteroatoms. The summed E-state index contributed by atoms with van der Waals surface area (Å²) in [5.41, 5.74) is 5.82. The van der Waals surface area contributed by atoms with Gasteiger partial charge in [-0.1, -0.05) is 6.07 Å². The first-order chi connectivity index (χ1) is 13.8. The van der Waals surface area contributed by atoms with Crippen LogP contribution in [0.15, 0.2) is 33.8 Å². The zero-order chi connectivity index (χ0) is 21.4. The Morgan fingerprint density at radius 1 is 1.41 bits per heavy atom. The molecule has 0 atom stereocenters. The van der Waals surface area contributed by atoms with Crippen LogP contribution in [0.5, 0.6) is 5.88 Å². The van der Waals surface area contributed by atoms with Gasteiger partial charge in [0.2, 0.25) is 5.88 Å². The highest BCUT2D eigenvalue weighted by atomic mass is 79.9.